The molecule has 0 atom stereocenters. The molecule has 0 spiro atoms. The van der Waals surface area contributed by atoms with Gasteiger partial charge in [0.05, 0.1) is 25.5 Å². The molecule has 2 heterocycles. The molecule has 0 aliphatic heterocycles. The van der Waals surface area contributed by atoms with Crippen LogP contribution in [0.4, 0.5) is 0 Å². The van der Waals surface area contributed by atoms with E-state index >= 15 is 0 Å². The normalized spacial score (nSPS) is 10.7. The van der Waals surface area contributed by atoms with Crippen LogP contribution in [0.15, 0.2) is 42.7 Å². The first-order chi connectivity index (χ1) is 12.1. The molecule has 25 heavy (non-hydrogen) atoms. The number of aromatic nitrogens is 2. The van der Waals surface area contributed by atoms with Crippen molar-refractivity contribution in [3.63, 3.8) is 0 Å². The van der Waals surface area contributed by atoms with Crippen LogP contribution in [0.3, 0.4) is 0 Å². The molecule has 0 fully saturated rings. The summed E-state index contributed by atoms with van der Waals surface area (Å²) < 4.78 is 12.5. The Hall–Kier alpha value is -3.02. The van der Waals surface area contributed by atoms with Crippen molar-refractivity contribution in [2.24, 2.45) is 0 Å². The Bertz CT molecular complexity index is 902. The van der Waals surface area contributed by atoms with Crippen molar-refractivity contribution in [3.05, 3.63) is 59.5 Å². The summed E-state index contributed by atoms with van der Waals surface area (Å²) in [5, 5.41) is 2.95. The maximum atomic E-state index is 12.5. The SMILES string of the molecule is COc1ccc(OC)c(CCNC(=O)c2cccn3cc(C)nc23)c1. The third kappa shape index (κ3) is 3.57. The molecule has 0 radical (unpaired) electrons. The van der Waals surface area contributed by atoms with Gasteiger partial charge in [0.2, 0.25) is 0 Å². The lowest BCUT2D eigenvalue weighted by atomic mass is 10.1. The van der Waals surface area contributed by atoms with Crippen LogP contribution in [0.2, 0.25) is 0 Å². The number of nitrogens with one attached hydrogen (secondary N) is 1. The summed E-state index contributed by atoms with van der Waals surface area (Å²) >= 11 is 0. The van der Waals surface area contributed by atoms with Gasteiger partial charge in [-0.3, -0.25) is 4.79 Å². The first-order valence-corrected chi connectivity index (χ1v) is 8.06. The molecule has 130 valence electrons. The van der Waals surface area contributed by atoms with E-state index in [1.165, 1.54) is 0 Å². The summed E-state index contributed by atoms with van der Waals surface area (Å²) in [4.78, 5) is 16.9. The lowest BCUT2D eigenvalue weighted by Crippen LogP contribution is -2.26. The monoisotopic (exact) mass is 339 g/mol. The van der Waals surface area contributed by atoms with Crippen molar-refractivity contribution in [2.45, 2.75) is 13.3 Å². The second-order valence-electron chi connectivity index (χ2n) is 5.72. The van der Waals surface area contributed by atoms with Crippen LogP contribution in [0, 0.1) is 6.92 Å². The number of carbonyl (C=O) groups is 1. The maximum Gasteiger partial charge on any atom is 0.255 e. The molecule has 1 N–H and O–H groups in total. The molecule has 0 saturated carbocycles. The molecule has 0 aliphatic rings. The number of methoxy groups -OCH3 is 2. The van der Waals surface area contributed by atoms with E-state index in [1.807, 2.05) is 48.0 Å². The van der Waals surface area contributed by atoms with Gasteiger partial charge in [0, 0.05) is 18.9 Å². The van der Waals surface area contributed by atoms with E-state index in [-0.39, 0.29) is 5.91 Å². The number of rotatable bonds is 6. The molecular formula is C19H21N3O3. The molecule has 0 bridgehead atoms. The van der Waals surface area contributed by atoms with Crippen molar-refractivity contribution in [1.82, 2.24) is 14.7 Å². The van der Waals surface area contributed by atoms with Gasteiger partial charge in [-0.2, -0.15) is 0 Å². The Labute approximate surface area is 146 Å². The molecule has 2 aromatic heterocycles. The van der Waals surface area contributed by atoms with Gasteiger partial charge in [-0.15, -0.1) is 0 Å². The van der Waals surface area contributed by atoms with Gasteiger partial charge in [0.15, 0.2) is 0 Å². The van der Waals surface area contributed by atoms with Crippen LogP contribution in [0.25, 0.3) is 5.65 Å². The van der Waals surface area contributed by atoms with E-state index in [1.54, 1.807) is 20.3 Å². The Morgan fingerprint density at radius 2 is 2.08 bits per heavy atom. The highest BCUT2D eigenvalue weighted by atomic mass is 16.5. The van der Waals surface area contributed by atoms with Gasteiger partial charge in [0.25, 0.3) is 5.91 Å². The van der Waals surface area contributed by atoms with Gasteiger partial charge < -0.3 is 19.2 Å². The molecule has 0 unspecified atom stereocenters. The smallest absolute Gasteiger partial charge is 0.255 e. The number of nitrogens with zero attached hydrogens (tertiary/aromatic N) is 2. The Morgan fingerprint density at radius 1 is 1.24 bits per heavy atom. The number of hydrogen-bond donors (Lipinski definition) is 1. The number of amides is 1. The molecule has 0 aliphatic carbocycles. The first kappa shape index (κ1) is 16.8. The summed E-state index contributed by atoms with van der Waals surface area (Å²) in [7, 11) is 3.26. The predicted octanol–water partition coefficient (Wildman–Crippen LogP) is 2.63. The molecule has 6 nitrogen and oxygen atoms in total. The number of ether oxygens (including phenoxy) is 2. The van der Waals surface area contributed by atoms with Crippen molar-refractivity contribution < 1.29 is 14.3 Å². The Morgan fingerprint density at radius 3 is 2.84 bits per heavy atom. The fourth-order valence-electron chi connectivity index (χ4n) is 2.80. The molecule has 6 heteroatoms. The van der Waals surface area contributed by atoms with Crippen LogP contribution in [0.1, 0.15) is 21.6 Å². The third-order valence-electron chi connectivity index (χ3n) is 4.02. The van der Waals surface area contributed by atoms with Crippen molar-refractivity contribution in [3.8, 4) is 11.5 Å². The molecule has 0 saturated heterocycles. The number of benzene rings is 1. The predicted molar refractivity (Wildman–Crippen MR) is 95.5 cm³/mol. The summed E-state index contributed by atoms with van der Waals surface area (Å²) in [5.74, 6) is 1.40. The minimum absolute atomic E-state index is 0.141. The zero-order valence-corrected chi connectivity index (χ0v) is 14.6. The minimum atomic E-state index is -0.141. The van der Waals surface area contributed by atoms with E-state index < -0.39 is 0 Å². The summed E-state index contributed by atoms with van der Waals surface area (Å²) in [5.41, 5.74) is 3.09. The lowest BCUT2D eigenvalue weighted by molar-refractivity contribution is 0.0955. The summed E-state index contributed by atoms with van der Waals surface area (Å²) in [6.45, 7) is 2.40. The molecule has 3 aromatic rings. The topological polar surface area (TPSA) is 64.9 Å². The lowest BCUT2D eigenvalue weighted by Gasteiger charge is -2.11. The third-order valence-corrected chi connectivity index (χ3v) is 4.02. The zero-order chi connectivity index (χ0) is 17.8. The van der Waals surface area contributed by atoms with Gasteiger partial charge in [-0.05, 0) is 49.2 Å². The van der Waals surface area contributed by atoms with E-state index in [9.17, 15) is 4.79 Å². The van der Waals surface area contributed by atoms with Crippen LogP contribution in [-0.2, 0) is 6.42 Å². The zero-order valence-electron chi connectivity index (χ0n) is 14.6. The van der Waals surface area contributed by atoms with E-state index in [4.69, 9.17) is 9.47 Å². The summed E-state index contributed by atoms with van der Waals surface area (Å²) in [6, 6.07) is 9.26. The molecule has 3 rings (SSSR count). The van der Waals surface area contributed by atoms with Gasteiger partial charge >= 0.3 is 0 Å². The standard InChI is InChI=1S/C19H21N3O3/c1-13-12-22-10-4-5-16(18(22)21-13)19(23)20-9-8-14-11-15(24-2)6-7-17(14)25-3/h4-7,10-12H,8-9H2,1-3H3,(H,20,23). The number of aryl methyl sites for hydroxylation is 1. The van der Waals surface area contributed by atoms with E-state index in [2.05, 4.69) is 10.3 Å². The fraction of sp³-hybridized carbons (Fsp3) is 0.263. The second-order valence-corrected chi connectivity index (χ2v) is 5.72. The number of carbonyl (C=O) groups excluding carboxylic acids is 1. The quantitative estimate of drug-likeness (QED) is 0.750. The number of imidazole rings is 1. The highest BCUT2D eigenvalue weighted by Crippen LogP contribution is 2.24. The van der Waals surface area contributed by atoms with Crippen LogP contribution in [-0.4, -0.2) is 36.1 Å². The first-order valence-electron chi connectivity index (χ1n) is 8.06. The average molecular weight is 339 g/mol. The van der Waals surface area contributed by atoms with Crippen molar-refractivity contribution in [1.29, 1.82) is 0 Å². The fourth-order valence-corrected chi connectivity index (χ4v) is 2.80. The molecule has 1 aromatic carbocycles. The van der Waals surface area contributed by atoms with E-state index in [0.717, 1.165) is 22.8 Å². The summed E-state index contributed by atoms with van der Waals surface area (Å²) in [6.07, 6.45) is 4.42. The molecular weight excluding hydrogens is 318 g/mol. The maximum absolute atomic E-state index is 12.5. The van der Waals surface area contributed by atoms with Crippen LogP contribution < -0.4 is 14.8 Å². The second kappa shape index (κ2) is 7.25. The van der Waals surface area contributed by atoms with Crippen LogP contribution >= 0.6 is 0 Å². The van der Waals surface area contributed by atoms with Crippen molar-refractivity contribution >= 4 is 11.6 Å². The van der Waals surface area contributed by atoms with Gasteiger partial charge in [0.1, 0.15) is 17.1 Å². The number of fused-ring (bicyclic) bond motifs is 1. The van der Waals surface area contributed by atoms with Crippen molar-refractivity contribution in [2.75, 3.05) is 20.8 Å². The Balaban J connectivity index is 1.70. The van der Waals surface area contributed by atoms with E-state index in [0.29, 0.717) is 24.2 Å². The largest absolute Gasteiger partial charge is 0.497 e. The number of hydrogen-bond acceptors (Lipinski definition) is 4. The highest BCUT2D eigenvalue weighted by molar-refractivity contribution is 5.99. The highest BCUT2D eigenvalue weighted by Gasteiger charge is 2.12. The molecule has 1 amide bonds. The van der Waals surface area contributed by atoms with Gasteiger partial charge in [-0.1, -0.05) is 0 Å². The van der Waals surface area contributed by atoms with Gasteiger partial charge in [-0.25, -0.2) is 4.98 Å². The number of pyridine rings is 1. The average Bonchev–Trinajstić information content (AvgIpc) is 3.01. The Kier molecular flexibility index (Phi) is 4.88. The minimum Gasteiger partial charge on any atom is -0.497 e. The van der Waals surface area contributed by atoms with Crippen LogP contribution in [0.5, 0.6) is 11.5 Å².